The van der Waals surface area contributed by atoms with E-state index in [1.54, 1.807) is 36.4 Å². The van der Waals surface area contributed by atoms with Gasteiger partial charge in [0.05, 0.1) is 11.4 Å². The predicted molar refractivity (Wildman–Crippen MR) is 107 cm³/mol. The molecule has 5 rings (SSSR count). The molecule has 30 heavy (non-hydrogen) atoms. The summed E-state index contributed by atoms with van der Waals surface area (Å²) in [5.74, 6) is 0.666. The highest BCUT2D eigenvalue weighted by Crippen LogP contribution is 2.33. The van der Waals surface area contributed by atoms with Crippen molar-refractivity contribution < 1.29 is 9.21 Å². The minimum Gasteiger partial charge on any atom is -0.418 e. The quantitative estimate of drug-likeness (QED) is 0.518. The molecule has 4 heterocycles. The highest BCUT2D eigenvalue weighted by atomic mass is 16.4. The van der Waals surface area contributed by atoms with E-state index < -0.39 is 0 Å². The Bertz CT molecular complexity index is 1170. The van der Waals surface area contributed by atoms with Gasteiger partial charge < -0.3 is 9.32 Å². The van der Waals surface area contributed by atoms with Crippen molar-refractivity contribution in [3.63, 3.8) is 0 Å². The van der Waals surface area contributed by atoms with E-state index in [1.807, 2.05) is 30.3 Å². The summed E-state index contributed by atoms with van der Waals surface area (Å²) in [5.41, 5.74) is 2.51. The number of benzene rings is 1. The van der Waals surface area contributed by atoms with Crippen LogP contribution >= 0.6 is 0 Å². The molecule has 1 unspecified atom stereocenters. The Kier molecular flexibility index (Phi) is 4.55. The van der Waals surface area contributed by atoms with Crippen molar-refractivity contribution in [2.75, 3.05) is 6.54 Å². The number of carbonyl (C=O) groups is 1. The van der Waals surface area contributed by atoms with Gasteiger partial charge in [0.25, 0.3) is 5.91 Å². The second-order valence-corrected chi connectivity index (χ2v) is 7.10. The summed E-state index contributed by atoms with van der Waals surface area (Å²) in [7, 11) is 0. The van der Waals surface area contributed by atoms with Crippen molar-refractivity contribution in [3.8, 4) is 17.1 Å². The molecule has 0 bridgehead atoms. The van der Waals surface area contributed by atoms with Crippen LogP contribution in [0, 0.1) is 6.92 Å². The average molecular weight is 401 g/mol. The van der Waals surface area contributed by atoms with E-state index in [9.17, 15) is 4.79 Å². The Labute approximate surface area is 172 Å². The summed E-state index contributed by atoms with van der Waals surface area (Å²) in [5, 5.41) is 17.2. The van der Waals surface area contributed by atoms with Crippen molar-refractivity contribution in [1.29, 1.82) is 0 Å². The van der Waals surface area contributed by atoms with E-state index in [-0.39, 0.29) is 11.9 Å². The molecule has 0 N–H and O–H groups in total. The second-order valence-electron chi connectivity index (χ2n) is 7.10. The van der Waals surface area contributed by atoms with Crippen LogP contribution in [0.4, 0.5) is 0 Å². The fourth-order valence-electron chi connectivity index (χ4n) is 3.64. The summed E-state index contributed by atoms with van der Waals surface area (Å²) in [6.45, 7) is 2.40. The third kappa shape index (κ3) is 3.24. The number of amides is 1. The van der Waals surface area contributed by atoms with Crippen LogP contribution in [0.15, 0.2) is 59.3 Å². The molecule has 3 aromatic heterocycles. The van der Waals surface area contributed by atoms with Crippen LogP contribution in [0.5, 0.6) is 0 Å². The SMILES string of the molecule is Cc1nn(-c2ccccc2)nc1C(=O)N1CCCC1c1nnc(-c2ccncc2)o1. The van der Waals surface area contributed by atoms with Gasteiger partial charge in [-0.25, -0.2) is 0 Å². The first kappa shape index (κ1) is 18.2. The zero-order valence-corrected chi connectivity index (χ0v) is 16.3. The van der Waals surface area contributed by atoms with E-state index in [1.165, 1.54) is 4.80 Å². The molecule has 1 amide bonds. The van der Waals surface area contributed by atoms with Gasteiger partial charge in [-0.15, -0.1) is 15.3 Å². The molecule has 150 valence electrons. The standard InChI is InChI=1S/C21H19N7O2/c1-14-18(26-28(25-14)16-6-3-2-4-7-16)21(29)27-13-5-8-17(27)20-24-23-19(30-20)15-9-11-22-12-10-15/h2-4,6-7,9-12,17H,5,8,13H2,1H3. The topological polar surface area (TPSA) is 103 Å². The maximum absolute atomic E-state index is 13.3. The number of aryl methyl sites for hydroxylation is 1. The molecule has 1 fully saturated rings. The zero-order valence-electron chi connectivity index (χ0n) is 16.3. The van der Waals surface area contributed by atoms with Crippen molar-refractivity contribution in [3.05, 3.63) is 72.1 Å². The van der Waals surface area contributed by atoms with Crippen LogP contribution in [0.3, 0.4) is 0 Å². The summed E-state index contributed by atoms with van der Waals surface area (Å²) in [6, 6.07) is 12.9. The molecule has 0 aliphatic carbocycles. The van der Waals surface area contributed by atoms with Gasteiger partial charge in [-0.05, 0) is 44.0 Å². The molecule has 9 heteroatoms. The predicted octanol–water partition coefficient (Wildman–Crippen LogP) is 3.00. The Morgan fingerprint density at radius 2 is 1.87 bits per heavy atom. The van der Waals surface area contributed by atoms with E-state index in [0.29, 0.717) is 29.7 Å². The maximum Gasteiger partial charge on any atom is 0.277 e. The third-order valence-electron chi connectivity index (χ3n) is 5.14. The lowest BCUT2D eigenvalue weighted by Crippen LogP contribution is -2.31. The largest absolute Gasteiger partial charge is 0.418 e. The monoisotopic (exact) mass is 401 g/mol. The number of aromatic nitrogens is 6. The Balaban J connectivity index is 1.41. The molecule has 1 aromatic carbocycles. The molecule has 1 saturated heterocycles. The molecule has 0 radical (unpaired) electrons. The smallest absolute Gasteiger partial charge is 0.277 e. The molecule has 9 nitrogen and oxygen atoms in total. The summed E-state index contributed by atoms with van der Waals surface area (Å²) < 4.78 is 5.89. The number of rotatable bonds is 4. The van der Waals surface area contributed by atoms with Crippen molar-refractivity contribution >= 4 is 5.91 Å². The van der Waals surface area contributed by atoms with E-state index in [2.05, 4.69) is 25.4 Å². The first-order valence-corrected chi connectivity index (χ1v) is 9.75. The van der Waals surface area contributed by atoms with Gasteiger partial charge in [0.1, 0.15) is 6.04 Å². The van der Waals surface area contributed by atoms with Gasteiger partial charge in [0.2, 0.25) is 11.8 Å². The van der Waals surface area contributed by atoms with E-state index in [0.717, 1.165) is 24.1 Å². The average Bonchev–Trinajstić information content (AvgIpc) is 3.53. The number of carbonyl (C=O) groups excluding carboxylic acids is 1. The summed E-state index contributed by atoms with van der Waals surface area (Å²) in [6.07, 6.45) is 4.96. The fraction of sp³-hybridized carbons (Fsp3) is 0.238. The summed E-state index contributed by atoms with van der Waals surface area (Å²) >= 11 is 0. The summed E-state index contributed by atoms with van der Waals surface area (Å²) in [4.78, 5) is 20.5. The molecule has 0 saturated carbocycles. The third-order valence-corrected chi connectivity index (χ3v) is 5.14. The highest BCUT2D eigenvalue weighted by molar-refractivity contribution is 5.93. The number of nitrogens with zero attached hydrogens (tertiary/aromatic N) is 7. The van der Waals surface area contributed by atoms with Crippen LogP contribution in [0.2, 0.25) is 0 Å². The van der Waals surface area contributed by atoms with Gasteiger partial charge in [0.15, 0.2) is 5.69 Å². The minimum atomic E-state index is -0.276. The van der Waals surface area contributed by atoms with Gasteiger partial charge in [-0.3, -0.25) is 9.78 Å². The van der Waals surface area contributed by atoms with Gasteiger partial charge in [-0.2, -0.15) is 9.90 Å². The van der Waals surface area contributed by atoms with Crippen LogP contribution in [0.1, 0.15) is 41.0 Å². The van der Waals surface area contributed by atoms with Crippen LogP contribution in [-0.2, 0) is 0 Å². The molecule has 1 aliphatic rings. The van der Waals surface area contributed by atoms with Gasteiger partial charge in [0, 0.05) is 24.5 Å². The molecule has 4 aromatic rings. The van der Waals surface area contributed by atoms with Crippen LogP contribution in [-0.4, -0.2) is 47.5 Å². The maximum atomic E-state index is 13.3. The molecule has 0 spiro atoms. The van der Waals surface area contributed by atoms with Crippen LogP contribution in [0.25, 0.3) is 17.1 Å². The van der Waals surface area contributed by atoms with Crippen LogP contribution < -0.4 is 0 Å². The number of para-hydroxylation sites is 1. The Hall–Kier alpha value is -3.88. The van der Waals surface area contributed by atoms with E-state index in [4.69, 9.17) is 4.42 Å². The van der Waals surface area contributed by atoms with Gasteiger partial charge >= 0.3 is 0 Å². The van der Waals surface area contributed by atoms with E-state index >= 15 is 0 Å². The Morgan fingerprint density at radius 1 is 1.07 bits per heavy atom. The fourth-order valence-corrected chi connectivity index (χ4v) is 3.64. The number of hydrogen-bond acceptors (Lipinski definition) is 7. The molecular weight excluding hydrogens is 382 g/mol. The molecule has 1 atom stereocenters. The first-order chi connectivity index (χ1) is 14.7. The zero-order chi connectivity index (χ0) is 20.5. The Morgan fingerprint density at radius 3 is 2.67 bits per heavy atom. The normalized spacial score (nSPS) is 16.2. The number of pyridine rings is 1. The van der Waals surface area contributed by atoms with Gasteiger partial charge in [-0.1, -0.05) is 18.2 Å². The molecule has 1 aliphatic heterocycles. The van der Waals surface area contributed by atoms with Crippen molar-refractivity contribution in [1.82, 2.24) is 35.1 Å². The van der Waals surface area contributed by atoms with Crippen molar-refractivity contribution in [2.45, 2.75) is 25.8 Å². The van der Waals surface area contributed by atoms with Crippen molar-refractivity contribution in [2.24, 2.45) is 0 Å². The number of hydrogen-bond donors (Lipinski definition) is 0. The lowest BCUT2D eigenvalue weighted by molar-refractivity contribution is 0.0708. The highest BCUT2D eigenvalue weighted by Gasteiger charge is 2.36. The first-order valence-electron chi connectivity index (χ1n) is 9.75. The lowest BCUT2D eigenvalue weighted by Gasteiger charge is -2.21. The molecular formula is C21H19N7O2. The minimum absolute atomic E-state index is 0.180. The second kappa shape index (κ2) is 7.51. The number of likely N-dealkylation sites (tertiary alicyclic amines) is 1. The lowest BCUT2D eigenvalue weighted by atomic mass is 10.2.